The van der Waals surface area contributed by atoms with E-state index < -0.39 is 73.8 Å². The van der Waals surface area contributed by atoms with Gasteiger partial charge in [-0.15, -0.1) is 6.58 Å². The van der Waals surface area contributed by atoms with Crippen LogP contribution in [0.1, 0.15) is 78.6 Å². The molecule has 13 nitrogen and oxygen atoms in total. The summed E-state index contributed by atoms with van der Waals surface area (Å²) in [7, 11) is -3.87. The number of likely N-dealkylation sites (tertiary alicyclic amines) is 2. The number of hydrogen-bond donors (Lipinski definition) is 2. The van der Waals surface area contributed by atoms with E-state index in [2.05, 4.69) is 16.6 Å². The monoisotopic (exact) mass is 776 g/mol. The van der Waals surface area contributed by atoms with E-state index in [1.165, 1.54) is 4.90 Å². The fraction of sp³-hybridized carbons (Fsp3) is 0.537. The highest BCUT2D eigenvalue weighted by Crippen LogP contribution is 2.57. The van der Waals surface area contributed by atoms with E-state index >= 15 is 0 Å². The zero-order valence-electron chi connectivity index (χ0n) is 31.8. The first-order valence-electron chi connectivity index (χ1n) is 19.2. The maximum absolute atomic E-state index is 14.6. The van der Waals surface area contributed by atoms with E-state index in [1.54, 1.807) is 47.4 Å². The number of nitrogens with zero attached hydrogens (tertiary/aromatic N) is 2. The molecular weight excluding hydrogens is 725 g/mol. The van der Waals surface area contributed by atoms with Gasteiger partial charge in [0.25, 0.3) is 0 Å². The van der Waals surface area contributed by atoms with Gasteiger partial charge in [-0.1, -0.05) is 51.1 Å². The molecule has 0 bridgehead atoms. The van der Waals surface area contributed by atoms with Gasteiger partial charge in [0.1, 0.15) is 17.6 Å². The van der Waals surface area contributed by atoms with Crippen LogP contribution in [0.4, 0.5) is 10.5 Å². The lowest BCUT2D eigenvalue weighted by molar-refractivity contribution is -0.148. The second-order valence-electron chi connectivity index (χ2n) is 16.4. The van der Waals surface area contributed by atoms with E-state index in [1.807, 2.05) is 39.0 Å². The van der Waals surface area contributed by atoms with Gasteiger partial charge in [-0.05, 0) is 74.1 Å². The van der Waals surface area contributed by atoms with Gasteiger partial charge in [0.15, 0.2) is 5.78 Å². The van der Waals surface area contributed by atoms with Crippen molar-refractivity contribution in [2.75, 3.05) is 25.0 Å². The molecule has 4 aliphatic rings. The number of sulfonamides is 1. The van der Waals surface area contributed by atoms with E-state index in [4.69, 9.17) is 9.47 Å². The predicted molar refractivity (Wildman–Crippen MR) is 205 cm³/mol. The van der Waals surface area contributed by atoms with Gasteiger partial charge in [-0.2, -0.15) is 0 Å². The average molecular weight is 777 g/mol. The molecule has 2 aliphatic carbocycles. The second-order valence-corrected chi connectivity index (χ2v) is 18.4. The Labute approximate surface area is 323 Å². The molecule has 2 saturated carbocycles. The topological polar surface area (TPSA) is 168 Å². The zero-order chi connectivity index (χ0) is 39.5. The number of para-hydroxylation sites is 1. The first-order valence-corrected chi connectivity index (χ1v) is 20.7. The van der Waals surface area contributed by atoms with Crippen LogP contribution in [0.25, 0.3) is 0 Å². The maximum atomic E-state index is 14.6. The molecule has 0 radical (unpaired) electrons. The number of hydrogen-bond acceptors (Lipinski definition) is 9. The fourth-order valence-corrected chi connectivity index (χ4v) is 9.10. The lowest BCUT2D eigenvalue weighted by atomic mass is 9.77. The molecule has 0 aromatic heterocycles. The van der Waals surface area contributed by atoms with Crippen molar-refractivity contribution in [2.24, 2.45) is 22.7 Å². The highest BCUT2D eigenvalue weighted by Gasteiger charge is 2.61. The molecule has 6 rings (SSSR count). The summed E-state index contributed by atoms with van der Waals surface area (Å²) in [5.41, 5.74) is -1.59. The molecule has 4 fully saturated rings. The Hall–Kier alpha value is -4.72. The van der Waals surface area contributed by atoms with Crippen LogP contribution in [0.3, 0.4) is 0 Å². The Bertz CT molecular complexity index is 1900. The Morgan fingerprint density at radius 2 is 1.67 bits per heavy atom. The van der Waals surface area contributed by atoms with Crippen molar-refractivity contribution in [2.45, 2.75) is 96.0 Å². The largest absolute Gasteiger partial charge is 0.457 e. The van der Waals surface area contributed by atoms with Crippen molar-refractivity contribution in [3.8, 4) is 11.5 Å². The third kappa shape index (κ3) is 9.57. The van der Waals surface area contributed by atoms with Crippen molar-refractivity contribution < 1.29 is 41.9 Å². The van der Waals surface area contributed by atoms with Gasteiger partial charge in [0, 0.05) is 44.1 Å². The Balaban J connectivity index is 1.20. The molecule has 2 aromatic carbocycles. The summed E-state index contributed by atoms with van der Waals surface area (Å²) < 4.78 is 39.3. The van der Waals surface area contributed by atoms with Crippen LogP contribution in [0.15, 0.2) is 67.3 Å². The molecule has 2 aliphatic heterocycles. The van der Waals surface area contributed by atoms with Crippen LogP contribution in [0, 0.1) is 22.7 Å². The standard InChI is InChI=1S/C41H52N4O9S/c1-5-27-24-41(27,38(49)43-55(51,52)32-17-18-32)25-35(46)34-22-31(54-39(50)42-28-13-12-16-30(21-28)53-29-14-8-6-9-15-29)26-45(34)37(48)33(40(2,3)4)23-36(47)44-19-10-7-11-20-44/h5-6,8-9,12-16,21,27,31-34H,1,7,10-11,17-20,22-26H2,2-4H3,(H,42,50)(H,43,49)/t27-,31-,33-,34+,41-/m1/s1. The Morgan fingerprint density at radius 1 is 0.982 bits per heavy atom. The zero-order valence-corrected chi connectivity index (χ0v) is 32.6. The van der Waals surface area contributed by atoms with Gasteiger partial charge < -0.3 is 19.3 Å². The van der Waals surface area contributed by atoms with Crippen molar-refractivity contribution in [3.63, 3.8) is 0 Å². The van der Waals surface area contributed by atoms with Crippen molar-refractivity contribution in [1.82, 2.24) is 14.5 Å². The van der Waals surface area contributed by atoms with Crippen LogP contribution >= 0.6 is 0 Å². The van der Waals surface area contributed by atoms with E-state index in [9.17, 15) is 32.4 Å². The number of benzene rings is 2. The number of ketones is 1. The normalized spacial score (nSPS) is 24.3. The number of anilines is 1. The summed E-state index contributed by atoms with van der Waals surface area (Å²) in [5, 5.41) is 2.08. The number of allylic oxidation sites excluding steroid dienone is 1. The summed E-state index contributed by atoms with van der Waals surface area (Å²) in [4.78, 5) is 72.4. The molecule has 0 unspecified atom stereocenters. The third-order valence-corrected chi connectivity index (χ3v) is 13.1. The Kier molecular flexibility index (Phi) is 11.7. The lowest BCUT2D eigenvalue weighted by Gasteiger charge is -2.36. The van der Waals surface area contributed by atoms with E-state index in [-0.39, 0.29) is 38.1 Å². The fourth-order valence-electron chi connectivity index (χ4n) is 7.71. The highest BCUT2D eigenvalue weighted by molar-refractivity contribution is 7.90. The lowest BCUT2D eigenvalue weighted by Crippen LogP contribution is -2.49. The minimum absolute atomic E-state index is 0.0388. The van der Waals surface area contributed by atoms with E-state index in [0.29, 0.717) is 43.1 Å². The first-order chi connectivity index (χ1) is 26.1. The minimum Gasteiger partial charge on any atom is -0.457 e. The van der Waals surface area contributed by atoms with Gasteiger partial charge >= 0.3 is 6.09 Å². The maximum Gasteiger partial charge on any atom is 0.411 e. The number of amides is 4. The SMILES string of the molecule is C=C[C@@H]1C[C@]1(CC(=O)[C@@H]1C[C@@H](OC(=O)Nc2cccc(Oc3ccccc3)c2)CN1C(=O)[C@@H](CC(=O)N1CCCCC1)C(C)(C)C)C(=O)NS(=O)(=O)C1CC1. The molecule has 14 heteroatoms. The summed E-state index contributed by atoms with van der Waals surface area (Å²) in [5.74, 6) is -1.86. The van der Waals surface area contributed by atoms with Gasteiger partial charge in [0.05, 0.1) is 29.2 Å². The summed E-state index contributed by atoms with van der Waals surface area (Å²) in [6, 6.07) is 14.8. The third-order valence-electron chi connectivity index (χ3n) is 11.2. The molecule has 2 aromatic rings. The molecule has 2 saturated heterocycles. The number of ether oxygens (including phenoxy) is 2. The van der Waals surface area contributed by atoms with E-state index in [0.717, 1.165) is 19.3 Å². The van der Waals surface area contributed by atoms with Crippen LogP contribution in [-0.2, 0) is 33.9 Å². The van der Waals surface area contributed by atoms with Crippen molar-refractivity contribution in [1.29, 1.82) is 0 Å². The average Bonchev–Trinajstić information content (AvgIpc) is 4.07. The number of rotatable bonds is 14. The van der Waals surface area contributed by atoms with Crippen molar-refractivity contribution in [3.05, 3.63) is 67.3 Å². The minimum atomic E-state index is -3.87. The molecule has 2 heterocycles. The number of carbonyl (C=O) groups excluding carboxylic acids is 5. The quantitative estimate of drug-likeness (QED) is 0.225. The molecule has 296 valence electrons. The molecule has 0 spiro atoms. The van der Waals surface area contributed by atoms with Crippen LogP contribution in [0.2, 0.25) is 0 Å². The number of carbonyl (C=O) groups is 5. The summed E-state index contributed by atoms with van der Waals surface area (Å²) >= 11 is 0. The van der Waals surface area contributed by atoms with Crippen LogP contribution < -0.4 is 14.8 Å². The smallest absolute Gasteiger partial charge is 0.411 e. The van der Waals surface area contributed by atoms with Gasteiger partial charge in [0.2, 0.25) is 27.7 Å². The summed E-state index contributed by atoms with van der Waals surface area (Å²) in [6.45, 7) is 10.6. The second kappa shape index (κ2) is 16.2. The van der Waals surface area contributed by atoms with Crippen molar-refractivity contribution >= 4 is 45.3 Å². The molecule has 55 heavy (non-hydrogen) atoms. The summed E-state index contributed by atoms with van der Waals surface area (Å²) in [6.07, 6.45) is 3.46. The first kappa shape index (κ1) is 40.0. The van der Waals surface area contributed by atoms with Crippen LogP contribution in [0.5, 0.6) is 11.5 Å². The van der Waals surface area contributed by atoms with Gasteiger partial charge in [-0.3, -0.25) is 29.2 Å². The Morgan fingerprint density at radius 3 is 2.31 bits per heavy atom. The predicted octanol–water partition coefficient (Wildman–Crippen LogP) is 5.82. The van der Waals surface area contributed by atoms with Crippen LogP contribution in [-0.4, -0.2) is 84.8 Å². The molecule has 4 amide bonds. The molecule has 5 atom stereocenters. The molecule has 2 N–H and O–H groups in total. The number of piperidine rings is 1. The molecular formula is C41H52N4O9S. The number of Topliss-reactive ketones (excluding diaryl/α,β-unsaturated/α-hetero) is 1. The van der Waals surface area contributed by atoms with Gasteiger partial charge in [-0.25, -0.2) is 13.2 Å². The highest BCUT2D eigenvalue weighted by atomic mass is 32.2. The number of nitrogens with one attached hydrogen (secondary N) is 2.